The number of amides is 2. The Balaban J connectivity index is 1.43. The van der Waals surface area contributed by atoms with Gasteiger partial charge in [-0.15, -0.1) is 0 Å². The van der Waals surface area contributed by atoms with Crippen molar-refractivity contribution in [1.82, 2.24) is 5.32 Å². The highest BCUT2D eigenvalue weighted by molar-refractivity contribution is 5.89. The summed E-state index contributed by atoms with van der Waals surface area (Å²) < 4.78 is 16.2. The molecule has 1 heterocycles. The van der Waals surface area contributed by atoms with E-state index >= 15 is 0 Å². The molecule has 2 N–H and O–H groups in total. The SMILES string of the molecule is COCCOCc1cccc(NC(=O)NCC2COc3ccccc3C2)c1. The average Bonchev–Trinajstić information content (AvgIpc) is 2.70. The van der Waals surface area contributed by atoms with Crippen molar-refractivity contribution in [2.24, 2.45) is 5.92 Å². The molecule has 27 heavy (non-hydrogen) atoms. The number of rotatable bonds is 8. The number of carbonyl (C=O) groups excluding carboxylic acids is 1. The number of carbonyl (C=O) groups is 1. The molecule has 2 amide bonds. The zero-order valence-electron chi connectivity index (χ0n) is 15.6. The predicted molar refractivity (Wildman–Crippen MR) is 104 cm³/mol. The van der Waals surface area contributed by atoms with Gasteiger partial charge in [-0.1, -0.05) is 30.3 Å². The standard InChI is InChI=1S/C21H26N2O4/c1-25-9-10-26-14-16-5-4-7-19(12-16)23-21(24)22-13-17-11-18-6-2-3-8-20(18)27-15-17/h2-8,12,17H,9-11,13-15H2,1H3,(H2,22,23,24). The summed E-state index contributed by atoms with van der Waals surface area (Å²) >= 11 is 0. The number of para-hydroxylation sites is 1. The van der Waals surface area contributed by atoms with Crippen molar-refractivity contribution in [3.8, 4) is 5.75 Å². The van der Waals surface area contributed by atoms with Crippen molar-refractivity contribution >= 4 is 11.7 Å². The number of ether oxygens (including phenoxy) is 3. The first-order chi connectivity index (χ1) is 13.2. The van der Waals surface area contributed by atoms with Crippen molar-refractivity contribution < 1.29 is 19.0 Å². The van der Waals surface area contributed by atoms with Gasteiger partial charge in [0.1, 0.15) is 5.75 Å². The van der Waals surface area contributed by atoms with Gasteiger partial charge in [0.15, 0.2) is 0 Å². The van der Waals surface area contributed by atoms with E-state index in [4.69, 9.17) is 14.2 Å². The molecule has 1 aliphatic heterocycles. The molecule has 2 aromatic carbocycles. The first kappa shape index (κ1) is 19.2. The number of benzene rings is 2. The van der Waals surface area contributed by atoms with E-state index < -0.39 is 0 Å². The molecule has 0 spiro atoms. The lowest BCUT2D eigenvalue weighted by Crippen LogP contribution is -2.37. The minimum absolute atomic E-state index is 0.216. The molecule has 0 aromatic heterocycles. The van der Waals surface area contributed by atoms with Crippen LogP contribution < -0.4 is 15.4 Å². The fourth-order valence-electron chi connectivity index (χ4n) is 3.01. The van der Waals surface area contributed by atoms with Gasteiger partial charge < -0.3 is 24.8 Å². The summed E-state index contributed by atoms with van der Waals surface area (Å²) in [6.45, 7) is 2.78. The zero-order chi connectivity index (χ0) is 18.9. The van der Waals surface area contributed by atoms with Gasteiger partial charge in [0.2, 0.25) is 0 Å². The highest BCUT2D eigenvalue weighted by Gasteiger charge is 2.19. The van der Waals surface area contributed by atoms with Crippen LogP contribution in [0.4, 0.5) is 10.5 Å². The Bertz CT molecular complexity index is 750. The minimum atomic E-state index is -0.216. The molecule has 6 heteroatoms. The number of anilines is 1. The van der Waals surface area contributed by atoms with E-state index in [2.05, 4.69) is 16.7 Å². The number of hydrogen-bond donors (Lipinski definition) is 2. The summed E-state index contributed by atoms with van der Waals surface area (Å²) in [6, 6.07) is 15.5. The summed E-state index contributed by atoms with van der Waals surface area (Å²) in [4.78, 5) is 12.2. The number of methoxy groups -OCH3 is 1. The zero-order valence-corrected chi connectivity index (χ0v) is 15.6. The minimum Gasteiger partial charge on any atom is -0.493 e. The monoisotopic (exact) mass is 370 g/mol. The maximum Gasteiger partial charge on any atom is 0.319 e. The predicted octanol–water partition coefficient (Wildman–Crippen LogP) is 3.22. The van der Waals surface area contributed by atoms with E-state index in [1.165, 1.54) is 5.56 Å². The highest BCUT2D eigenvalue weighted by atomic mass is 16.5. The summed E-state index contributed by atoms with van der Waals surface area (Å²) in [6.07, 6.45) is 0.907. The molecule has 0 saturated carbocycles. The first-order valence-corrected chi connectivity index (χ1v) is 9.16. The van der Waals surface area contributed by atoms with Crippen LogP contribution in [0.1, 0.15) is 11.1 Å². The Morgan fingerprint density at radius 3 is 2.96 bits per heavy atom. The van der Waals surface area contributed by atoms with Gasteiger partial charge in [0.05, 0.1) is 26.4 Å². The molecule has 1 unspecified atom stereocenters. The van der Waals surface area contributed by atoms with Crippen LogP contribution in [0.2, 0.25) is 0 Å². The molecule has 0 aliphatic carbocycles. The van der Waals surface area contributed by atoms with Crippen LogP contribution in [0.5, 0.6) is 5.75 Å². The molecule has 3 rings (SSSR count). The van der Waals surface area contributed by atoms with Crippen molar-refractivity contribution in [2.45, 2.75) is 13.0 Å². The van der Waals surface area contributed by atoms with Crippen molar-refractivity contribution in [3.63, 3.8) is 0 Å². The molecular formula is C21H26N2O4. The second kappa shape index (κ2) is 9.94. The van der Waals surface area contributed by atoms with E-state index in [-0.39, 0.29) is 11.9 Å². The second-order valence-corrected chi connectivity index (χ2v) is 6.57. The van der Waals surface area contributed by atoms with Gasteiger partial charge in [-0.25, -0.2) is 4.79 Å². The van der Waals surface area contributed by atoms with Gasteiger partial charge in [0, 0.05) is 25.3 Å². The Hall–Kier alpha value is -2.57. The average molecular weight is 370 g/mol. The maximum absolute atomic E-state index is 12.2. The maximum atomic E-state index is 12.2. The van der Waals surface area contributed by atoms with Crippen LogP contribution >= 0.6 is 0 Å². The smallest absolute Gasteiger partial charge is 0.319 e. The van der Waals surface area contributed by atoms with Gasteiger partial charge in [-0.05, 0) is 35.7 Å². The second-order valence-electron chi connectivity index (χ2n) is 6.57. The van der Waals surface area contributed by atoms with Crippen molar-refractivity contribution in [3.05, 3.63) is 59.7 Å². The molecule has 0 bridgehead atoms. The molecule has 144 valence electrons. The molecule has 2 aromatic rings. The quantitative estimate of drug-likeness (QED) is 0.700. The van der Waals surface area contributed by atoms with Crippen LogP contribution in [0.25, 0.3) is 0 Å². The third kappa shape index (κ3) is 5.98. The number of hydrogen-bond acceptors (Lipinski definition) is 4. The fraction of sp³-hybridized carbons (Fsp3) is 0.381. The Kier molecular flexibility index (Phi) is 7.07. The molecule has 1 atom stereocenters. The van der Waals surface area contributed by atoms with Crippen LogP contribution in [0.15, 0.2) is 48.5 Å². The normalized spacial score (nSPS) is 15.5. The Morgan fingerprint density at radius 2 is 2.07 bits per heavy atom. The molecule has 1 aliphatic rings. The topological polar surface area (TPSA) is 68.8 Å². The van der Waals surface area contributed by atoms with Gasteiger partial charge >= 0.3 is 6.03 Å². The molecule has 0 radical (unpaired) electrons. The largest absolute Gasteiger partial charge is 0.493 e. The van der Waals surface area contributed by atoms with Crippen molar-refractivity contribution in [1.29, 1.82) is 0 Å². The molecule has 0 fully saturated rings. The third-order valence-corrected chi connectivity index (χ3v) is 4.39. The summed E-state index contributed by atoms with van der Waals surface area (Å²) in [5, 5.41) is 5.80. The number of urea groups is 1. The van der Waals surface area contributed by atoms with E-state index in [0.29, 0.717) is 33.0 Å². The molecular weight excluding hydrogens is 344 g/mol. The highest BCUT2D eigenvalue weighted by Crippen LogP contribution is 2.26. The van der Waals surface area contributed by atoms with E-state index in [0.717, 1.165) is 23.4 Å². The lowest BCUT2D eigenvalue weighted by Gasteiger charge is -2.25. The Morgan fingerprint density at radius 1 is 1.19 bits per heavy atom. The lowest BCUT2D eigenvalue weighted by atomic mass is 9.97. The van der Waals surface area contributed by atoms with Gasteiger partial charge in [-0.2, -0.15) is 0 Å². The van der Waals surface area contributed by atoms with Gasteiger partial charge in [-0.3, -0.25) is 0 Å². The van der Waals surface area contributed by atoms with Crippen LogP contribution in [-0.2, 0) is 22.5 Å². The first-order valence-electron chi connectivity index (χ1n) is 9.16. The lowest BCUT2D eigenvalue weighted by molar-refractivity contribution is 0.0617. The molecule has 6 nitrogen and oxygen atoms in total. The van der Waals surface area contributed by atoms with Crippen LogP contribution in [-0.4, -0.2) is 39.5 Å². The summed E-state index contributed by atoms with van der Waals surface area (Å²) in [7, 11) is 1.64. The summed E-state index contributed by atoms with van der Waals surface area (Å²) in [5.41, 5.74) is 2.93. The van der Waals surface area contributed by atoms with Crippen LogP contribution in [0.3, 0.4) is 0 Å². The number of nitrogens with one attached hydrogen (secondary N) is 2. The fourth-order valence-corrected chi connectivity index (χ4v) is 3.01. The third-order valence-electron chi connectivity index (χ3n) is 4.39. The van der Waals surface area contributed by atoms with Gasteiger partial charge in [0.25, 0.3) is 0 Å². The van der Waals surface area contributed by atoms with E-state index in [9.17, 15) is 4.79 Å². The summed E-state index contributed by atoms with van der Waals surface area (Å²) in [5.74, 6) is 1.22. The van der Waals surface area contributed by atoms with E-state index in [1.54, 1.807) is 7.11 Å². The van der Waals surface area contributed by atoms with Crippen LogP contribution in [0, 0.1) is 5.92 Å². The Labute approximate surface area is 159 Å². The van der Waals surface area contributed by atoms with Crippen molar-refractivity contribution in [2.75, 3.05) is 38.8 Å². The molecule has 0 saturated heterocycles. The van der Waals surface area contributed by atoms with E-state index in [1.807, 2.05) is 42.5 Å². The number of fused-ring (bicyclic) bond motifs is 1.